The standard InChI is InChI=1S/C30H39N5O3/c1-3-25-21-31-28(32-25)35-15-6-13-30(14-16-35)20-24-19-23(10-12-27(24)38-30)22-7-5-8-26(11-9-22)33-29(37)34(4-2)17-18-36/h5,8-12,19,21,36H,3-4,6-7,13-18,20H2,1-2H3,(H,31,32)(H,33,37). The van der Waals surface area contributed by atoms with Crippen molar-refractivity contribution >= 4 is 17.6 Å². The molecule has 1 spiro atoms. The SMILES string of the molecule is CCc1cnc(N2CCCC3(CC2)Cc2cc(C4=CC=C(NC(=O)N(CC)CCO)C=CC4)ccc2O3)[nH]1. The van der Waals surface area contributed by atoms with Crippen LogP contribution in [0, 0.1) is 0 Å². The fraction of sp³-hybridized carbons (Fsp3) is 0.467. The average molecular weight is 518 g/mol. The molecule has 202 valence electrons. The van der Waals surface area contributed by atoms with Crippen molar-refractivity contribution < 1.29 is 14.6 Å². The number of carbonyl (C=O) groups excluding carboxylic acids is 1. The van der Waals surface area contributed by atoms with Gasteiger partial charge in [-0.15, -0.1) is 0 Å². The third kappa shape index (κ3) is 5.65. The maximum atomic E-state index is 12.5. The van der Waals surface area contributed by atoms with Crippen LogP contribution in [0.2, 0.25) is 0 Å². The molecule has 3 aliphatic rings. The number of allylic oxidation sites excluding steroid dienone is 5. The Morgan fingerprint density at radius 3 is 2.95 bits per heavy atom. The Morgan fingerprint density at radius 2 is 2.16 bits per heavy atom. The van der Waals surface area contributed by atoms with Gasteiger partial charge in [0.1, 0.15) is 11.4 Å². The van der Waals surface area contributed by atoms with Gasteiger partial charge in [-0.3, -0.25) is 0 Å². The summed E-state index contributed by atoms with van der Waals surface area (Å²) in [4.78, 5) is 24.5. The van der Waals surface area contributed by atoms with Gasteiger partial charge < -0.3 is 29.9 Å². The summed E-state index contributed by atoms with van der Waals surface area (Å²) in [5.74, 6) is 1.98. The third-order valence-electron chi connectivity index (χ3n) is 7.85. The first kappa shape index (κ1) is 26.1. The first-order valence-corrected chi connectivity index (χ1v) is 13.9. The van der Waals surface area contributed by atoms with E-state index < -0.39 is 0 Å². The smallest absolute Gasteiger partial charge is 0.321 e. The number of hydrogen-bond acceptors (Lipinski definition) is 5. The largest absolute Gasteiger partial charge is 0.487 e. The van der Waals surface area contributed by atoms with E-state index in [0.717, 1.165) is 69.0 Å². The number of aryl methyl sites for hydroxylation is 1. The number of aliphatic hydroxyl groups excluding tert-OH is 1. The van der Waals surface area contributed by atoms with E-state index in [1.165, 1.54) is 22.4 Å². The van der Waals surface area contributed by atoms with Crippen molar-refractivity contribution in [3.05, 3.63) is 71.2 Å². The number of urea groups is 1. The zero-order chi connectivity index (χ0) is 26.5. The summed E-state index contributed by atoms with van der Waals surface area (Å²) in [6.45, 7) is 6.78. The number of benzene rings is 1. The van der Waals surface area contributed by atoms with Crippen LogP contribution >= 0.6 is 0 Å². The van der Waals surface area contributed by atoms with E-state index in [1.807, 2.05) is 25.3 Å². The number of fused-ring (bicyclic) bond motifs is 1. The molecule has 1 fully saturated rings. The fourth-order valence-corrected chi connectivity index (χ4v) is 5.63. The zero-order valence-electron chi connectivity index (χ0n) is 22.5. The molecular formula is C30H39N5O3. The topological polar surface area (TPSA) is 93.7 Å². The summed E-state index contributed by atoms with van der Waals surface area (Å²) in [6, 6.07) is 6.35. The van der Waals surface area contributed by atoms with E-state index in [9.17, 15) is 9.90 Å². The molecule has 2 amide bonds. The number of nitrogens with one attached hydrogen (secondary N) is 2. The molecule has 1 aliphatic carbocycles. The second-order valence-electron chi connectivity index (χ2n) is 10.4. The molecule has 1 aromatic carbocycles. The molecule has 38 heavy (non-hydrogen) atoms. The molecule has 3 heterocycles. The summed E-state index contributed by atoms with van der Waals surface area (Å²) in [6.07, 6.45) is 15.8. The second-order valence-corrected chi connectivity index (χ2v) is 10.4. The van der Waals surface area contributed by atoms with Gasteiger partial charge in [-0.25, -0.2) is 9.78 Å². The van der Waals surface area contributed by atoms with Gasteiger partial charge in [-0.2, -0.15) is 0 Å². The minimum absolute atomic E-state index is 0.0500. The summed E-state index contributed by atoms with van der Waals surface area (Å²) >= 11 is 0. The van der Waals surface area contributed by atoms with Crippen molar-refractivity contribution in [1.82, 2.24) is 20.2 Å². The maximum absolute atomic E-state index is 12.5. The molecule has 8 nitrogen and oxygen atoms in total. The van der Waals surface area contributed by atoms with Crippen LogP contribution in [0.3, 0.4) is 0 Å². The number of imidazole rings is 1. The first-order valence-electron chi connectivity index (χ1n) is 13.9. The van der Waals surface area contributed by atoms with Gasteiger partial charge in [-0.05, 0) is 73.6 Å². The number of H-pyrrole nitrogens is 1. The van der Waals surface area contributed by atoms with Crippen LogP contribution in [0.4, 0.5) is 10.7 Å². The van der Waals surface area contributed by atoms with Gasteiger partial charge in [0, 0.05) is 50.4 Å². The van der Waals surface area contributed by atoms with E-state index >= 15 is 0 Å². The quantitative estimate of drug-likeness (QED) is 0.500. The van der Waals surface area contributed by atoms with Crippen LogP contribution in [0.25, 0.3) is 5.57 Å². The Balaban J connectivity index is 1.26. The molecule has 0 saturated carbocycles. The van der Waals surface area contributed by atoms with Crippen molar-refractivity contribution in [1.29, 1.82) is 0 Å². The Bertz CT molecular complexity index is 1250. The number of aromatic nitrogens is 2. The number of anilines is 1. The summed E-state index contributed by atoms with van der Waals surface area (Å²) < 4.78 is 6.63. The molecule has 2 aromatic rings. The fourth-order valence-electron chi connectivity index (χ4n) is 5.63. The Labute approximate surface area is 225 Å². The van der Waals surface area contributed by atoms with E-state index in [4.69, 9.17) is 4.74 Å². The molecule has 1 unspecified atom stereocenters. The molecule has 8 heteroatoms. The highest BCUT2D eigenvalue weighted by Crippen LogP contribution is 2.42. The van der Waals surface area contributed by atoms with Crippen molar-refractivity contribution in [3.63, 3.8) is 0 Å². The summed E-state index contributed by atoms with van der Waals surface area (Å²) in [5.41, 5.74) is 5.43. The number of likely N-dealkylation sites (N-methyl/N-ethyl adjacent to an activating group) is 1. The second kappa shape index (κ2) is 11.5. The van der Waals surface area contributed by atoms with Crippen LogP contribution in [-0.2, 0) is 12.8 Å². The molecule has 3 N–H and O–H groups in total. The predicted octanol–water partition coefficient (Wildman–Crippen LogP) is 4.59. The highest BCUT2D eigenvalue weighted by molar-refractivity contribution is 5.78. The highest BCUT2D eigenvalue weighted by Gasteiger charge is 2.41. The number of nitrogens with zero attached hydrogens (tertiary/aromatic N) is 3. The summed E-state index contributed by atoms with van der Waals surface area (Å²) in [5, 5.41) is 12.1. The lowest BCUT2D eigenvalue weighted by molar-refractivity contribution is 0.0813. The van der Waals surface area contributed by atoms with Crippen molar-refractivity contribution in [2.75, 3.05) is 37.7 Å². The van der Waals surface area contributed by atoms with Crippen molar-refractivity contribution in [2.45, 2.75) is 58.0 Å². The third-order valence-corrected chi connectivity index (χ3v) is 7.85. The number of rotatable bonds is 7. The number of aromatic amines is 1. The zero-order valence-corrected chi connectivity index (χ0v) is 22.5. The molecule has 1 atom stereocenters. The normalized spacial score (nSPS) is 20.8. The first-order chi connectivity index (χ1) is 18.5. The minimum atomic E-state index is -0.200. The Morgan fingerprint density at radius 1 is 1.26 bits per heavy atom. The van der Waals surface area contributed by atoms with Gasteiger partial charge in [0.05, 0.1) is 12.8 Å². The lowest BCUT2D eigenvalue weighted by Gasteiger charge is -2.27. The van der Waals surface area contributed by atoms with Gasteiger partial charge in [-0.1, -0.05) is 25.1 Å². The van der Waals surface area contributed by atoms with E-state index in [1.54, 1.807) is 4.90 Å². The number of hydrogen-bond donors (Lipinski definition) is 3. The van der Waals surface area contributed by atoms with Gasteiger partial charge in [0.15, 0.2) is 0 Å². The lowest BCUT2D eigenvalue weighted by Crippen LogP contribution is -2.40. The molecule has 2 aliphatic heterocycles. The van der Waals surface area contributed by atoms with Gasteiger partial charge >= 0.3 is 6.03 Å². The molecule has 1 saturated heterocycles. The number of ether oxygens (including phenoxy) is 1. The minimum Gasteiger partial charge on any atom is -0.487 e. The van der Waals surface area contributed by atoms with Crippen LogP contribution in [0.15, 0.2) is 54.4 Å². The van der Waals surface area contributed by atoms with E-state index in [0.29, 0.717) is 13.1 Å². The monoisotopic (exact) mass is 517 g/mol. The van der Waals surface area contributed by atoms with Crippen LogP contribution in [0.1, 0.15) is 56.4 Å². The summed E-state index contributed by atoms with van der Waals surface area (Å²) in [7, 11) is 0. The van der Waals surface area contributed by atoms with E-state index in [-0.39, 0.29) is 18.2 Å². The lowest BCUT2D eigenvalue weighted by atomic mass is 9.89. The van der Waals surface area contributed by atoms with Gasteiger partial charge in [0.25, 0.3) is 0 Å². The molecule has 0 bridgehead atoms. The van der Waals surface area contributed by atoms with Crippen LogP contribution in [-0.4, -0.2) is 64.4 Å². The molecule has 1 aromatic heterocycles. The highest BCUT2D eigenvalue weighted by atomic mass is 16.5. The Hall–Kier alpha value is -3.52. The maximum Gasteiger partial charge on any atom is 0.321 e. The van der Waals surface area contributed by atoms with Crippen molar-refractivity contribution in [3.8, 4) is 5.75 Å². The number of amides is 2. The Kier molecular flexibility index (Phi) is 7.88. The number of aliphatic hydroxyl groups is 1. The van der Waals surface area contributed by atoms with Crippen LogP contribution < -0.4 is 15.0 Å². The predicted molar refractivity (Wildman–Crippen MR) is 150 cm³/mol. The van der Waals surface area contributed by atoms with Crippen LogP contribution in [0.5, 0.6) is 5.75 Å². The molecule has 0 radical (unpaired) electrons. The van der Waals surface area contributed by atoms with Crippen molar-refractivity contribution in [2.24, 2.45) is 0 Å². The molecule has 5 rings (SSSR count). The number of carbonyl (C=O) groups is 1. The average Bonchev–Trinajstić information content (AvgIpc) is 3.40. The van der Waals surface area contributed by atoms with E-state index in [2.05, 4.69) is 57.5 Å². The molecular weight excluding hydrogens is 478 g/mol. The van der Waals surface area contributed by atoms with Gasteiger partial charge in [0.2, 0.25) is 5.95 Å².